The van der Waals surface area contributed by atoms with Crippen LogP contribution in [0.1, 0.15) is 18.4 Å². The molecule has 2 heterocycles. The molecule has 0 bridgehead atoms. The second-order valence-corrected chi connectivity index (χ2v) is 5.11. The van der Waals surface area contributed by atoms with Gasteiger partial charge in [-0.15, -0.1) is 0 Å². The van der Waals surface area contributed by atoms with Crippen LogP contribution in [-0.2, 0) is 15.7 Å². The van der Waals surface area contributed by atoms with Gasteiger partial charge in [0, 0.05) is 25.5 Å². The number of nitrogens with zero attached hydrogens (tertiary/aromatic N) is 3. The number of rotatable bonds is 3. The molecule has 1 aliphatic heterocycles. The van der Waals surface area contributed by atoms with Gasteiger partial charge in [0.1, 0.15) is 0 Å². The van der Waals surface area contributed by atoms with Crippen molar-refractivity contribution >= 4 is 11.9 Å². The molecule has 0 aliphatic carbocycles. The van der Waals surface area contributed by atoms with E-state index in [0.29, 0.717) is 13.0 Å². The van der Waals surface area contributed by atoms with Gasteiger partial charge in [-0.2, -0.15) is 13.2 Å². The fraction of sp³-hybridized carbons (Fsp3) is 0.615. The summed E-state index contributed by atoms with van der Waals surface area (Å²) < 4.78 is 41.9. The van der Waals surface area contributed by atoms with Gasteiger partial charge < -0.3 is 14.7 Å². The van der Waals surface area contributed by atoms with Crippen molar-refractivity contribution < 1.29 is 27.8 Å². The molecule has 2 atom stereocenters. The van der Waals surface area contributed by atoms with Gasteiger partial charge in [-0.1, -0.05) is 0 Å². The Morgan fingerprint density at radius 1 is 1.45 bits per heavy atom. The minimum absolute atomic E-state index is 0.110. The highest BCUT2D eigenvalue weighted by Crippen LogP contribution is 2.29. The summed E-state index contributed by atoms with van der Waals surface area (Å²) in [6, 6.07) is 0. The zero-order valence-electron chi connectivity index (χ0n) is 11.9. The minimum atomic E-state index is -4.48. The van der Waals surface area contributed by atoms with Crippen molar-refractivity contribution in [1.29, 1.82) is 0 Å². The number of hydrogen-bond acceptors (Lipinski definition) is 6. The van der Waals surface area contributed by atoms with E-state index < -0.39 is 23.8 Å². The van der Waals surface area contributed by atoms with Crippen molar-refractivity contribution in [2.24, 2.45) is 5.92 Å². The molecule has 0 amide bonds. The molecule has 22 heavy (non-hydrogen) atoms. The summed E-state index contributed by atoms with van der Waals surface area (Å²) in [6.07, 6.45) is -3.23. The van der Waals surface area contributed by atoms with Gasteiger partial charge in [0.2, 0.25) is 5.95 Å². The monoisotopic (exact) mass is 319 g/mol. The highest BCUT2D eigenvalue weighted by atomic mass is 19.4. The number of aromatic nitrogens is 2. The van der Waals surface area contributed by atoms with Crippen molar-refractivity contribution in [2.45, 2.75) is 25.1 Å². The fourth-order valence-electron chi connectivity index (χ4n) is 2.33. The predicted molar refractivity (Wildman–Crippen MR) is 70.0 cm³/mol. The van der Waals surface area contributed by atoms with Crippen LogP contribution in [-0.4, -0.2) is 47.3 Å². The van der Waals surface area contributed by atoms with Gasteiger partial charge in [0.15, 0.2) is 0 Å². The SMILES string of the molecule is COC(=O)CC1CCN(c2ncc(C(F)(F)F)cn2)CC1O. The maximum absolute atomic E-state index is 12.5. The lowest BCUT2D eigenvalue weighted by Gasteiger charge is -2.35. The fourth-order valence-corrected chi connectivity index (χ4v) is 2.33. The molecule has 1 aliphatic rings. The van der Waals surface area contributed by atoms with Gasteiger partial charge >= 0.3 is 12.1 Å². The van der Waals surface area contributed by atoms with Crippen LogP contribution in [0.15, 0.2) is 12.4 Å². The number of hydrogen-bond donors (Lipinski definition) is 1. The normalized spacial score (nSPS) is 22.5. The lowest BCUT2D eigenvalue weighted by Crippen LogP contribution is -2.45. The Kier molecular flexibility index (Phi) is 4.84. The lowest BCUT2D eigenvalue weighted by molar-refractivity contribution is -0.143. The summed E-state index contributed by atoms with van der Waals surface area (Å²) in [5, 5.41) is 10.0. The van der Waals surface area contributed by atoms with Crippen LogP contribution in [0.5, 0.6) is 0 Å². The number of piperidine rings is 1. The van der Waals surface area contributed by atoms with E-state index >= 15 is 0 Å². The molecule has 1 fully saturated rings. The smallest absolute Gasteiger partial charge is 0.419 e. The lowest BCUT2D eigenvalue weighted by atomic mass is 9.91. The number of esters is 1. The topological polar surface area (TPSA) is 75.5 Å². The summed E-state index contributed by atoms with van der Waals surface area (Å²) >= 11 is 0. The second-order valence-electron chi connectivity index (χ2n) is 5.11. The minimum Gasteiger partial charge on any atom is -0.469 e. The molecular weight excluding hydrogens is 303 g/mol. The first-order chi connectivity index (χ1) is 10.3. The molecule has 1 aromatic rings. The van der Waals surface area contributed by atoms with Gasteiger partial charge in [-0.3, -0.25) is 4.79 Å². The van der Waals surface area contributed by atoms with E-state index in [-0.39, 0.29) is 24.8 Å². The summed E-state index contributed by atoms with van der Waals surface area (Å²) in [4.78, 5) is 20.2. The Balaban J connectivity index is 1.99. The molecule has 1 saturated heterocycles. The van der Waals surface area contributed by atoms with Crippen LogP contribution >= 0.6 is 0 Å². The van der Waals surface area contributed by atoms with E-state index in [4.69, 9.17) is 0 Å². The largest absolute Gasteiger partial charge is 0.469 e. The molecular formula is C13H16F3N3O3. The van der Waals surface area contributed by atoms with Crippen LogP contribution in [0.4, 0.5) is 19.1 Å². The number of halogens is 3. The molecule has 9 heteroatoms. The number of carbonyl (C=O) groups excluding carboxylic acids is 1. The third-order valence-corrected chi connectivity index (χ3v) is 3.63. The first kappa shape index (κ1) is 16.5. The number of methoxy groups -OCH3 is 1. The van der Waals surface area contributed by atoms with Crippen molar-refractivity contribution in [1.82, 2.24) is 9.97 Å². The van der Waals surface area contributed by atoms with Crippen molar-refractivity contribution in [3.63, 3.8) is 0 Å². The maximum atomic E-state index is 12.5. The Morgan fingerprint density at radius 2 is 2.09 bits per heavy atom. The number of β-amino-alcohol motifs (C(OH)–C–C–N with tert-alkyl or cyclic N) is 1. The first-order valence-corrected chi connectivity index (χ1v) is 6.70. The standard InChI is InChI=1S/C13H16F3N3O3/c1-22-11(21)4-8-2-3-19(7-10(8)20)12-17-5-9(6-18-12)13(14,15)16/h5-6,8,10,20H,2-4,7H2,1H3. The molecule has 1 N–H and O–H groups in total. The van der Waals surface area contributed by atoms with E-state index in [1.807, 2.05) is 0 Å². The average Bonchev–Trinajstić information content (AvgIpc) is 2.48. The first-order valence-electron chi connectivity index (χ1n) is 6.70. The van der Waals surface area contributed by atoms with E-state index in [9.17, 15) is 23.1 Å². The number of ether oxygens (including phenoxy) is 1. The summed E-state index contributed by atoms with van der Waals surface area (Å²) in [7, 11) is 1.28. The van der Waals surface area contributed by atoms with Gasteiger partial charge in [0.25, 0.3) is 0 Å². The van der Waals surface area contributed by atoms with Gasteiger partial charge in [-0.25, -0.2) is 9.97 Å². The highest BCUT2D eigenvalue weighted by molar-refractivity contribution is 5.69. The molecule has 0 radical (unpaired) electrons. The van der Waals surface area contributed by atoms with Crippen LogP contribution < -0.4 is 4.90 Å². The second kappa shape index (κ2) is 6.47. The summed E-state index contributed by atoms with van der Waals surface area (Å²) in [5.41, 5.74) is -0.919. The maximum Gasteiger partial charge on any atom is 0.419 e. The quantitative estimate of drug-likeness (QED) is 0.845. The molecule has 6 nitrogen and oxygen atoms in total. The number of carbonyl (C=O) groups is 1. The molecule has 0 spiro atoms. The molecule has 0 saturated carbocycles. The van der Waals surface area contributed by atoms with Crippen molar-refractivity contribution in [2.75, 3.05) is 25.1 Å². The van der Waals surface area contributed by atoms with Crippen LogP contribution in [0.2, 0.25) is 0 Å². The van der Waals surface area contributed by atoms with Crippen molar-refractivity contribution in [3.8, 4) is 0 Å². The molecule has 0 aromatic carbocycles. The van der Waals surface area contributed by atoms with Crippen LogP contribution in [0.3, 0.4) is 0 Å². The number of aliphatic hydroxyl groups is 1. The summed E-state index contributed by atoms with van der Waals surface area (Å²) in [6.45, 7) is 0.608. The van der Waals surface area contributed by atoms with Crippen LogP contribution in [0, 0.1) is 5.92 Å². The number of alkyl halides is 3. The Morgan fingerprint density at radius 3 is 2.59 bits per heavy atom. The molecule has 2 rings (SSSR count). The van der Waals surface area contributed by atoms with E-state index in [2.05, 4.69) is 14.7 Å². The zero-order valence-corrected chi connectivity index (χ0v) is 11.9. The third-order valence-electron chi connectivity index (χ3n) is 3.63. The Bertz CT molecular complexity index is 522. The van der Waals surface area contributed by atoms with Gasteiger partial charge in [-0.05, 0) is 12.3 Å². The molecule has 2 unspecified atom stereocenters. The Hall–Kier alpha value is -1.90. The molecule has 122 valence electrons. The Labute approximate surface area is 124 Å². The summed E-state index contributed by atoms with van der Waals surface area (Å²) in [5.74, 6) is -0.509. The predicted octanol–water partition coefficient (Wildman–Crippen LogP) is 1.25. The van der Waals surface area contributed by atoms with Gasteiger partial charge in [0.05, 0.1) is 25.2 Å². The molecule has 1 aromatic heterocycles. The zero-order chi connectivity index (χ0) is 16.3. The van der Waals surface area contributed by atoms with Crippen molar-refractivity contribution in [3.05, 3.63) is 18.0 Å². The average molecular weight is 319 g/mol. The van der Waals surface area contributed by atoms with E-state index in [1.54, 1.807) is 4.90 Å². The third kappa shape index (κ3) is 3.85. The number of aliphatic hydroxyl groups excluding tert-OH is 1. The van der Waals surface area contributed by atoms with E-state index in [0.717, 1.165) is 12.4 Å². The van der Waals surface area contributed by atoms with E-state index in [1.165, 1.54) is 7.11 Å². The highest BCUT2D eigenvalue weighted by Gasteiger charge is 2.33. The number of anilines is 1. The van der Waals surface area contributed by atoms with Crippen LogP contribution in [0.25, 0.3) is 0 Å².